The van der Waals surface area contributed by atoms with Crippen molar-refractivity contribution in [2.24, 2.45) is 17.8 Å². The van der Waals surface area contributed by atoms with Crippen molar-refractivity contribution in [3.63, 3.8) is 0 Å². The van der Waals surface area contributed by atoms with E-state index in [1.54, 1.807) is 12.1 Å². The molecular weight excluding hydrogens is 374 g/mol. The molecule has 4 unspecified atom stereocenters. The van der Waals surface area contributed by atoms with Crippen LogP contribution in [0.15, 0.2) is 24.3 Å². The molecule has 0 bridgehead atoms. The van der Waals surface area contributed by atoms with Crippen molar-refractivity contribution >= 4 is 22.4 Å². The number of halogens is 3. The monoisotopic (exact) mass is 404 g/mol. The second-order valence-corrected chi connectivity index (χ2v) is 9.57. The van der Waals surface area contributed by atoms with Crippen LogP contribution in [0.1, 0.15) is 82.6 Å². The predicted octanol–water partition coefficient (Wildman–Crippen LogP) is 8.65. The average Bonchev–Trinajstić information content (AvgIpc) is 2.71. The Hall–Kier alpha value is -1.15. The minimum Gasteiger partial charge on any atom is -0.204 e. The lowest BCUT2D eigenvalue weighted by Crippen LogP contribution is -2.30. The van der Waals surface area contributed by atoms with Gasteiger partial charge in [-0.3, -0.25) is 0 Å². The molecule has 4 rings (SSSR count). The maximum atomic E-state index is 14.1. The van der Waals surface area contributed by atoms with Crippen molar-refractivity contribution < 1.29 is 8.78 Å². The Morgan fingerprint density at radius 3 is 2.57 bits per heavy atom. The van der Waals surface area contributed by atoms with Crippen LogP contribution in [0.4, 0.5) is 8.78 Å². The lowest BCUT2D eigenvalue weighted by Gasteiger charge is -2.42. The zero-order chi connectivity index (χ0) is 19.7. The lowest BCUT2D eigenvalue weighted by atomic mass is 9.63. The molecule has 2 fully saturated rings. The van der Waals surface area contributed by atoms with E-state index in [-0.39, 0.29) is 5.39 Å². The van der Waals surface area contributed by atoms with Gasteiger partial charge in [0.25, 0.3) is 0 Å². The van der Waals surface area contributed by atoms with E-state index in [4.69, 9.17) is 11.6 Å². The van der Waals surface area contributed by atoms with Crippen LogP contribution in [-0.4, -0.2) is 0 Å². The Labute approximate surface area is 172 Å². The van der Waals surface area contributed by atoms with Crippen molar-refractivity contribution in [3.05, 3.63) is 46.5 Å². The van der Waals surface area contributed by atoms with E-state index in [1.165, 1.54) is 63.9 Å². The molecule has 0 radical (unpaired) electrons. The predicted molar refractivity (Wildman–Crippen MR) is 114 cm³/mol. The summed E-state index contributed by atoms with van der Waals surface area (Å²) in [6, 6.07) is 6.51. The molecule has 0 aromatic heterocycles. The van der Waals surface area contributed by atoms with Gasteiger partial charge in [-0.25, -0.2) is 8.78 Å². The van der Waals surface area contributed by atoms with Crippen LogP contribution in [0.3, 0.4) is 0 Å². The molecule has 0 aliphatic heterocycles. The van der Waals surface area contributed by atoms with Crippen LogP contribution in [0.2, 0.25) is 5.02 Å². The molecule has 2 aliphatic rings. The zero-order valence-electron chi connectivity index (χ0n) is 16.8. The molecule has 0 saturated heterocycles. The quantitative estimate of drug-likeness (QED) is 0.437. The SMILES string of the molecule is CCCCCC1CCC2CC(c3cc4ccc(F)c(F)c4cc3Cl)CCC2C1. The molecule has 2 saturated carbocycles. The van der Waals surface area contributed by atoms with E-state index < -0.39 is 11.6 Å². The molecule has 0 N–H and O–H groups in total. The summed E-state index contributed by atoms with van der Waals surface area (Å²) in [4.78, 5) is 0. The van der Waals surface area contributed by atoms with E-state index >= 15 is 0 Å². The maximum absolute atomic E-state index is 14.1. The van der Waals surface area contributed by atoms with Crippen molar-refractivity contribution in [2.75, 3.05) is 0 Å². The highest BCUT2D eigenvalue weighted by Gasteiger charge is 2.36. The largest absolute Gasteiger partial charge is 0.204 e. The molecule has 0 spiro atoms. The van der Waals surface area contributed by atoms with Crippen molar-refractivity contribution in [3.8, 4) is 0 Å². The van der Waals surface area contributed by atoms with Gasteiger partial charge in [0.2, 0.25) is 0 Å². The Morgan fingerprint density at radius 2 is 1.75 bits per heavy atom. The Kier molecular flexibility index (Phi) is 6.25. The second kappa shape index (κ2) is 8.69. The summed E-state index contributed by atoms with van der Waals surface area (Å²) in [7, 11) is 0. The topological polar surface area (TPSA) is 0 Å². The highest BCUT2D eigenvalue weighted by atomic mass is 35.5. The molecular formula is C25H31ClF2. The van der Waals surface area contributed by atoms with E-state index in [2.05, 4.69) is 6.92 Å². The number of benzene rings is 2. The number of rotatable bonds is 5. The van der Waals surface area contributed by atoms with E-state index in [0.29, 0.717) is 10.9 Å². The molecule has 2 aliphatic carbocycles. The summed E-state index contributed by atoms with van der Waals surface area (Å²) in [6.45, 7) is 2.28. The summed E-state index contributed by atoms with van der Waals surface area (Å²) in [5, 5.41) is 1.63. The van der Waals surface area contributed by atoms with Gasteiger partial charge in [-0.2, -0.15) is 0 Å². The van der Waals surface area contributed by atoms with Crippen LogP contribution in [0.25, 0.3) is 10.8 Å². The first-order valence-electron chi connectivity index (χ1n) is 11.1. The Bertz CT molecular complexity index is 831. The Morgan fingerprint density at radius 1 is 0.964 bits per heavy atom. The van der Waals surface area contributed by atoms with Crippen LogP contribution in [0.5, 0.6) is 0 Å². The van der Waals surface area contributed by atoms with Crippen LogP contribution < -0.4 is 0 Å². The molecule has 0 nitrogen and oxygen atoms in total. The highest BCUT2D eigenvalue weighted by Crippen LogP contribution is 2.49. The van der Waals surface area contributed by atoms with Gasteiger partial charge in [-0.05, 0) is 84.9 Å². The van der Waals surface area contributed by atoms with Gasteiger partial charge in [0, 0.05) is 10.4 Å². The highest BCUT2D eigenvalue weighted by molar-refractivity contribution is 6.32. The van der Waals surface area contributed by atoms with Crippen LogP contribution in [0, 0.1) is 29.4 Å². The fourth-order valence-electron chi connectivity index (χ4n) is 5.83. The third kappa shape index (κ3) is 4.08. The molecule has 4 atom stereocenters. The van der Waals surface area contributed by atoms with Gasteiger partial charge in [0.15, 0.2) is 11.6 Å². The normalized spacial score (nSPS) is 27.7. The summed E-state index contributed by atoms with van der Waals surface area (Å²) >= 11 is 6.54. The molecule has 2 aromatic carbocycles. The first kappa shape index (κ1) is 20.1. The molecule has 3 heteroatoms. The van der Waals surface area contributed by atoms with E-state index in [9.17, 15) is 8.78 Å². The van der Waals surface area contributed by atoms with Crippen molar-refractivity contribution in [1.82, 2.24) is 0 Å². The zero-order valence-corrected chi connectivity index (χ0v) is 17.6. The van der Waals surface area contributed by atoms with E-state index in [0.717, 1.165) is 35.1 Å². The van der Waals surface area contributed by atoms with Gasteiger partial charge in [0.1, 0.15) is 0 Å². The molecule has 28 heavy (non-hydrogen) atoms. The average molecular weight is 405 g/mol. The first-order chi connectivity index (χ1) is 13.6. The van der Waals surface area contributed by atoms with Crippen LogP contribution in [-0.2, 0) is 0 Å². The smallest absolute Gasteiger partial charge is 0.166 e. The van der Waals surface area contributed by atoms with Crippen molar-refractivity contribution in [2.45, 2.75) is 77.0 Å². The van der Waals surface area contributed by atoms with Gasteiger partial charge < -0.3 is 0 Å². The van der Waals surface area contributed by atoms with E-state index in [1.807, 2.05) is 6.07 Å². The Balaban J connectivity index is 1.46. The van der Waals surface area contributed by atoms with Gasteiger partial charge >= 0.3 is 0 Å². The first-order valence-corrected chi connectivity index (χ1v) is 11.5. The summed E-state index contributed by atoms with van der Waals surface area (Å²) in [5.41, 5.74) is 1.13. The number of fused-ring (bicyclic) bond motifs is 2. The summed E-state index contributed by atoms with van der Waals surface area (Å²) < 4.78 is 27.6. The lowest BCUT2D eigenvalue weighted by molar-refractivity contribution is 0.113. The van der Waals surface area contributed by atoms with Crippen LogP contribution >= 0.6 is 11.6 Å². The maximum Gasteiger partial charge on any atom is 0.166 e. The standard InChI is InChI=1S/C25H31ClF2/c1-2-3-4-5-16-6-7-18-13-19(9-8-17(18)12-16)21-14-20-10-11-24(27)25(28)22(20)15-23(21)26/h10-11,14-19H,2-9,12-13H2,1H3. The molecule has 2 aromatic rings. The minimum absolute atomic E-state index is 0.287. The van der Waals surface area contributed by atoms with Crippen molar-refractivity contribution in [1.29, 1.82) is 0 Å². The second-order valence-electron chi connectivity index (χ2n) is 9.16. The number of hydrogen-bond acceptors (Lipinski definition) is 0. The van der Waals surface area contributed by atoms with Gasteiger partial charge in [-0.15, -0.1) is 0 Å². The fourth-order valence-corrected chi connectivity index (χ4v) is 6.15. The van der Waals surface area contributed by atoms with Gasteiger partial charge in [-0.1, -0.05) is 56.7 Å². The number of unbranched alkanes of at least 4 members (excludes halogenated alkanes) is 2. The molecule has 0 amide bonds. The summed E-state index contributed by atoms with van der Waals surface area (Å²) in [6.07, 6.45) is 13.3. The molecule has 0 heterocycles. The minimum atomic E-state index is -0.812. The van der Waals surface area contributed by atoms with Gasteiger partial charge in [0.05, 0.1) is 0 Å². The fraction of sp³-hybridized carbons (Fsp3) is 0.600. The summed E-state index contributed by atoms with van der Waals surface area (Å²) in [5.74, 6) is 1.46. The molecule has 152 valence electrons. The third-order valence-electron chi connectivity index (χ3n) is 7.40. The third-order valence-corrected chi connectivity index (χ3v) is 7.73. The number of hydrogen-bond donors (Lipinski definition) is 0.